The summed E-state index contributed by atoms with van der Waals surface area (Å²) < 4.78 is 5.42. The monoisotopic (exact) mass is 269 g/mol. The minimum absolute atomic E-state index is 0.0425. The van der Waals surface area contributed by atoms with E-state index >= 15 is 0 Å². The lowest BCUT2D eigenvalue weighted by atomic mass is 9.78. The Bertz CT molecular complexity index is 346. The fourth-order valence-electron chi connectivity index (χ4n) is 2.48. The van der Waals surface area contributed by atoms with Gasteiger partial charge in [0.1, 0.15) is 11.4 Å². The smallest absolute Gasteiger partial charge is 0.410 e. The first-order chi connectivity index (χ1) is 8.61. The molecule has 0 N–H and O–H groups in total. The average Bonchev–Trinajstić information content (AvgIpc) is 2.24. The minimum atomic E-state index is -0.454. The highest BCUT2D eigenvalue weighted by atomic mass is 16.6. The Balaban J connectivity index is 2.58. The number of hydrogen-bond donors (Lipinski definition) is 0. The molecule has 1 amide bonds. The molecular weight excluding hydrogens is 242 g/mol. The van der Waals surface area contributed by atoms with Gasteiger partial charge in [0.05, 0.1) is 0 Å². The van der Waals surface area contributed by atoms with Gasteiger partial charge in [-0.25, -0.2) is 4.79 Å². The summed E-state index contributed by atoms with van der Waals surface area (Å²) in [6, 6.07) is 0. The van der Waals surface area contributed by atoms with E-state index in [1.807, 2.05) is 20.8 Å². The van der Waals surface area contributed by atoms with Crippen molar-refractivity contribution in [2.24, 2.45) is 5.41 Å². The molecule has 0 aromatic carbocycles. The van der Waals surface area contributed by atoms with Gasteiger partial charge in [0.25, 0.3) is 0 Å². The third-order valence-electron chi connectivity index (χ3n) is 3.51. The lowest BCUT2D eigenvalue weighted by Crippen LogP contribution is -2.46. The summed E-state index contributed by atoms with van der Waals surface area (Å²) in [7, 11) is 0. The molecule has 1 aliphatic rings. The van der Waals surface area contributed by atoms with Crippen molar-refractivity contribution in [2.75, 3.05) is 13.1 Å². The van der Waals surface area contributed by atoms with Crippen molar-refractivity contribution in [2.45, 2.75) is 65.9 Å². The van der Waals surface area contributed by atoms with Gasteiger partial charge in [-0.15, -0.1) is 0 Å². The maximum absolute atomic E-state index is 12.1. The number of likely N-dealkylation sites (tertiary alicyclic amines) is 1. The standard InChI is InChI=1S/C15H27NO3/c1-12(17)7-9-15(5)8-6-10-16(11-15)13(18)19-14(2,3)4/h6-11H2,1-5H3. The van der Waals surface area contributed by atoms with E-state index in [1.165, 1.54) is 0 Å². The maximum Gasteiger partial charge on any atom is 0.410 e. The van der Waals surface area contributed by atoms with Gasteiger partial charge < -0.3 is 14.4 Å². The maximum atomic E-state index is 12.1. The summed E-state index contributed by atoms with van der Waals surface area (Å²) in [5.41, 5.74) is -0.412. The molecule has 0 aliphatic carbocycles. The van der Waals surface area contributed by atoms with Gasteiger partial charge in [0, 0.05) is 19.5 Å². The van der Waals surface area contributed by atoms with Crippen LogP contribution in [0.4, 0.5) is 4.79 Å². The zero-order chi connectivity index (χ0) is 14.7. The zero-order valence-electron chi connectivity index (χ0n) is 12.9. The van der Waals surface area contributed by atoms with Crippen LogP contribution >= 0.6 is 0 Å². The molecule has 19 heavy (non-hydrogen) atoms. The summed E-state index contributed by atoms with van der Waals surface area (Å²) in [4.78, 5) is 25.0. The van der Waals surface area contributed by atoms with Crippen LogP contribution in [0.25, 0.3) is 0 Å². The molecule has 1 fully saturated rings. The first-order valence-corrected chi connectivity index (χ1v) is 7.09. The van der Waals surface area contributed by atoms with E-state index in [9.17, 15) is 9.59 Å². The SMILES string of the molecule is CC(=O)CCC1(C)CCCN(C(=O)OC(C)(C)C)C1. The Labute approximate surface area is 116 Å². The fraction of sp³-hybridized carbons (Fsp3) is 0.867. The predicted molar refractivity (Wildman–Crippen MR) is 75.1 cm³/mol. The van der Waals surface area contributed by atoms with Crippen molar-refractivity contribution < 1.29 is 14.3 Å². The largest absolute Gasteiger partial charge is 0.444 e. The van der Waals surface area contributed by atoms with Crippen molar-refractivity contribution in [3.63, 3.8) is 0 Å². The van der Waals surface area contributed by atoms with E-state index in [4.69, 9.17) is 4.74 Å². The van der Waals surface area contributed by atoms with E-state index in [1.54, 1.807) is 11.8 Å². The molecule has 1 atom stereocenters. The molecule has 1 aliphatic heterocycles. The molecule has 110 valence electrons. The van der Waals surface area contributed by atoms with Crippen molar-refractivity contribution in [1.29, 1.82) is 0 Å². The highest BCUT2D eigenvalue weighted by molar-refractivity contribution is 5.75. The molecule has 0 saturated carbocycles. The zero-order valence-corrected chi connectivity index (χ0v) is 12.9. The number of ether oxygens (including phenoxy) is 1. The molecule has 1 unspecified atom stereocenters. The van der Waals surface area contributed by atoms with Crippen LogP contribution in [0.2, 0.25) is 0 Å². The molecule has 4 nitrogen and oxygen atoms in total. The van der Waals surface area contributed by atoms with E-state index in [0.29, 0.717) is 13.0 Å². The lowest BCUT2D eigenvalue weighted by molar-refractivity contribution is -0.117. The predicted octanol–water partition coefficient (Wildman–Crippen LogP) is 3.39. The second kappa shape index (κ2) is 5.93. The van der Waals surface area contributed by atoms with E-state index in [2.05, 4.69) is 6.92 Å². The molecule has 0 bridgehead atoms. The van der Waals surface area contributed by atoms with Crippen LogP contribution in [0.1, 0.15) is 60.3 Å². The van der Waals surface area contributed by atoms with Gasteiger partial charge in [-0.1, -0.05) is 6.92 Å². The van der Waals surface area contributed by atoms with Crippen LogP contribution in [0.3, 0.4) is 0 Å². The van der Waals surface area contributed by atoms with Gasteiger partial charge in [-0.2, -0.15) is 0 Å². The van der Waals surface area contributed by atoms with Gasteiger partial charge in [0.2, 0.25) is 0 Å². The van der Waals surface area contributed by atoms with Gasteiger partial charge in [0.15, 0.2) is 0 Å². The number of piperidine rings is 1. The first kappa shape index (κ1) is 16.0. The summed E-state index contributed by atoms with van der Waals surface area (Å²) in [6.45, 7) is 10.9. The van der Waals surface area contributed by atoms with Crippen LogP contribution in [0.5, 0.6) is 0 Å². The molecule has 0 aromatic rings. The van der Waals surface area contributed by atoms with E-state index < -0.39 is 5.60 Å². The van der Waals surface area contributed by atoms with Gasteiger partial charge >= 0.3 is 6.09 Å². The topological polar surface area (TPSA) is 46.6 Å². The van der Waals surface area contributed by atoms with Crippen molar-refractivity contribution >= 4 is 11.9 Å². The normalized spacial score (nSPS) is 24.2. The molecular formula is C15H27NO3. The number of Topliss-reactive ketones (excluding diaryl/α,β-unsaturated/α-hetero) is 1. The number of rotatable bonds is 3. The summed E-state index contributed by atoms with van der Waals surface area (Å²) in [6.07, 6.45) is 3.26. The molecule has 1 rings (SSSR count). The highest BCUT2D eigenvalue weighted by Crippen LogP contribution is 2.34. The quantitative estimate of drug-likeness (QED) is 0.789. The van der Waals surface area contributed by atoms with Gasteiger partial charge in [-0.3, -0.25) is 0 Å². The second-order valence-electron chi connectivity index (χ2n) is 7.02. The third-order valence-corrected chi connectivity index (χ3v) is 3.51. The average molecular weight is 269 g/mol. The van der Waals surface area contributed by atoms with E-state index in [0.717, 1.165) is 25.8 Å². The minimum Gasteiger partial charge on any atom is -0.444 e. The Hall–Kier alpha value is -1.06. The van der Waals surface area contributed by atoms with Crippen LogP contribution in [0.15, 0.2) is 0 Å². The number of ketones is 1. The number of carbonyl (C=O) groups excluding carboxylic acids is 2. The molecule has 0 aromatic heterocycles. The molecule has 4 heteroatoms. The summed E-state index contributed by atoms with van der Waals surface area (Å²) >= 11 is 0. The number of carbonyl (C=O) groups is 2. The summed E-state index contributed by atoms with van der Waals surface area (Å²) in [5, 5.41) is 0. The summed E-state index contributed by atoms with van der Waals surface area (Å²) in [5.74, 6) is 0.218. The molecule has 1 saturated heterocycles. The number of amides is 1. The van der Waals surface area contributed by atoms with Crippen molar-refractivity contribution in [3.8, 4) is 0 Å². The number of hydrogen-bond acceptors (Lipinski definition) is 3. The van der Waals surface area contributed by atoms with Crippen molar-refractivity contribution in [1.82, 2.24) is 4.90 Å². The van der Waals surface area contributed by atoms with Crippen LogP contribution < -0.4 is 0 Å². The molecule has 1 heterocycles. The Morgan fingerprint density at radius 1 is 1.32 bits per heavy atom. The molecule has 0 radical (unpaired) electrons. The Morgan fingerprint density at radius 3 is 2.47 bits per heavy atom. The van der Waals surface area contributed by atoms with E-state index in [-0.39, 0.29) is 17.3 Å². The van der Waals surface area contributed by atoms with Gasteiger partial charge in [-0.05, 0) is 52.4 Å². The first-order valence-electron chi connectivity index (χ1n) is 7.09. The van der Waals surface area contributed by atoms with Crippen molar-refractivity contribution in [3.05, 3.63) is 0 Å². The third kappa shape index (κ3) is 5.62. The Kier molecular flexibility index (Phi) is 4.99. The highest BCUT2D eigenvalue weighted by Gasteiger charge is 2.34. The second-order valence-corrected chi connectivity index (χ2v) is 7.02. The van der Waals surface area contributed by atoms with Crippen LogP contribution in [-0.4, -0.2) is 35.5 Å². The van der Waals surface area contributed by atoms with Crippen LogP contribution in [-0.2, 0) is 9.53 Å². The number of nitrogens with zero attached hydrogens (tertiary/aromatic N) is 1. The Morgan fingerprint density at radius 2 is 1.95 bits per heavy atom. The van der Waals surface area contributed by atoms with Crippen LogP contribution in [0, 0.1) is 5.41 Å². The lowest BCUT2D eigenvalue weighted by Gasteiger charge is -2.40. The molecule has 0 spiro atoms. The fourth-order valence-corrected chi connectivity index (χ4v) is 2.48.